The molecule has 4 aromatic rings. The first-order valence-electron chi connectivity index (χ1n) is 11.5. The summed E-state index contributed by atoms with van der Waals surface area (Å²) < 4.78 is 12.3. The molecule has 0 saturated carbocycles. The number of benzene rings is 4. The SMILES string of the molecule is Cc1cc(C(C)c2cc(C)c(Oc3ccc(N)cc3)c(C)c2)cc(C)c1Oc1ccc(N)cc1. The number of anilines is 2. The van der Waals surface area contributed by atoms with Gasteiger partial charge in [0.2, 0.25) is 0 Å². The maximum absolute atomic E-state index is 6.17. The zero-order chi connectivity index (χ0) is 24.4. The lowest BCUT2D eigenvalue weighted by Crippen LogP contribution is -2.02. The van der Waals surface area contributed by atoms with E-state index >= 15 is 0 Å². The molecule has 4 rings (SSSR count). The van der Waals surface area contributed by atoms with E-state index in [1.807, 2.05) is 48.5 Å². The molecule has 4 nitrogen and oxygen atoms in total. The number of hydrogen-bond acceptors (Lipinski definition) is 4. The number of ether oxygens (including phenoxy) is 2. The van der Waals surface area contributed by atoms with Crippen molar-refractivity contribution >= 4 is 11.4 Å². The van der Waals surface area contributed by atoms with E-state index < -0.39 is 0 Å². The second kappa shape index (κ2) is 9.52. The van der Waals surface area contributed by atoms with Gasteiger partial charge in [-0.25, -0.2) is 0 Å². The van der Waals surface area contributed by atoms with Crippen LogP contribution in [0.3, 0.4) is 0 Å². The highest BCUT2D eigenvalue weighted by Gasteiger charge is 2.16. The average molecular weight is 453 g/mol. The van der Waals surface area contributed by atoms with Crippen LogP contribution in [0, 0.1) is 27.7 Å². The molecule has 0 fully saturated rings. The van der Waals surface area contributed by atoms with Crippen LogP contribution in [0.15, 0.2) is 72.8 Å². The van der Waals surface area contributed by atoms with Crippen LogP contribution in [0.2, 0.25) is 0 Å². The first kappa shape index (κ1) is 23.2. The van der Waals surface area contributed by atoms with Gasteiger partial charge in [0.15, 0.2) is 0 Å². The van der Waals surface area contributed by atoms with E-state index in [9.17, 15) is 0 Å². The highest BCUT2D eigenvalue weighted by molar-refractivity contribution is 5.52. The summed E-state index contributed by atoms with van der Waals surface area (Å²) in [6.07, 6.45) is 0. The molecule has 4 aromatic carbocycles. The van der Waals surface area contributed by atoms with E-state index in [0.29, 0.717) is 0 Å². The molecular formula is C30H32N2O2. The third-order valence-electron chi connectivity index (χ3n) is 6.17. The van der Waals surface area contributed by atoms with Gasteiger partial charge in [0, 0.05) is 17.3 Å². The van der Waals surface area contributed by atoms with E-state index in [2.05, 4.69) is 58.9 Å². The summed E-state index contributed by atoms with van der Waals surface area (Å²) in [5.74, 6) is 3.57. The Morgan fingerprint density at radius 3 is 1.12 bits per heavy atom. The molecule has 0 saturated heterocycles. The molecular weight excluding hydrogens is 420 g/mol. The first-order valence-corrected chi connectivity index (χ1v) is 11.5. The molecule has 34 heavy (non-hydrogen) atoms. The van der Waals surface area contributed by atoms with Gasteiger partial charge >= 0.3 is 0 Å². The summed E-state index contributed by atoms with van der Waals surface area (Å²) in [7, 11) is 0. The second-order valence-electron chi connectivity index (χ2n) is 9.03. The van der Waals surface area contributed by atoms with Gasteiger partial charge in [0.25, 0.3) is 0 Å². The number of hydrogen-bond donors (Lipinski definition) is 2. The van der Waals surface area contributed by atoms with Gasteiger partial charge < -0.3 is 20.9 Å². The Morgan fingerprint density at radius 1 is 0.529 bits per heavy atom. The molecule has 0 spiro atoms. The topological polar surface area (TPSA) is 70.5 Å². The molecule has 0 aromatic heterocycles. The molecule has 0 atom stereocenters. The summed E-state index contributed by atoms with van der Waals surface area (Å²) in [6.45, 7) is 10.6. The van der Waals surface area contributed by atoms with Gasteiger partial charge in [-0.2, -0.15) is 0 Å². The van der Waals surface area contributed by atoms with Crippen molar-refractivity contribution in [1.29, 1.82) is 0 Å². The normalized spacial score (nSPS) is 11.0. The Balaban J connectivity index is 1.59. The Bertz CT molecular complexity index is 1160. The van der Waals surface area contributed by atoms with Gasteiger partial charge in [-0.05, 0) is 110 Å². The summed E-state index contributed by atoms with van der Waals surface area (Å²) in [5.41, 5.74) is 20.0. The van der Waals surface area contributed by atoms with E-state index in [1.165, 1.54) is 11.1 Å². The largest absolute Gasteiger partial charge is 0.457 e. The highest BCUT2D eigenvalue weighted by atomic mass is 16.5. The lowest BCUT2D eigenvalue weighted by atomic mass is 9.88. The molecule has 0 unspecified atom stereocenters. The molecule has 0 amide bonds. The Labute approximate surface area is 202 Å². The zero-order valence-electron chi connectivity index (χ0n) is 20.5. The fourth-order valence-corrected chi connectivity index (χ4v) is 4.29. The van der Waals surface area contributed by atoms with Crippen molar-refractivity contribution in [1.82, 2.24) is 0 Å². The summed E-state index contributed by atoms with van der Waals surface area (Å²) in [5, 5.41) is 0. The molecule has 4 heteroatoms. The minimum atomic E-state index is 0.228. The standard InChI is InChI=1S/C30H32N2O2/c1-18-14-23(15-19(2)29(18)33-27-10-6-25(31)7-11-27)22(5)24-16-20(3)30(21(4)17-24)34-28-12-8-26(32)9-13-28/h6-17,22H,31-32H2,1-5H3. The molecule has 0 aliphatic rings. The minimum absolute atomic E-state index is 0.228. The van der Waals surface area contributed by atoms with Gasteiger partial charge in [0.1, 0.15) is 23.0 Å². The molecule has 0 bridgehead atoms. The van der Waals surface area contributed by atoms with Gasteiger partial charge in [-0.3, -0.25) is 0 Å². The van der Waals surface area contributed by atoms with Crippen LogP contribution in [0.1, 0.15) is 46.2 Å². The van der Waals surface area contributed by atoms with Crippen molar-refractivity contribution in [3.8, 4) is 23.0 Å². The Morgan fingerprint density at radius 2 is 0.824 bits per heavy atom. The van der Waals surface area contributed by atoms with Crippen LogP contribution in [-0.4, -0.2) is 0 Å². The third-order valence-corrected chi connectivity index (χ3v) is 6.17. The number of rotatable bonds is 6. The summed E-state index contributed by atoms with van der Waals surface area (Å²) in [6, 6.07) is 23.8. The monoisotopic (exact) mass is 452 g/mol. The molecule has 4 N–H and O–H groups in total. The highest BCUT2D eigenvalue weighted by Crippen LogP contribution is 2.37. The predicted octanol–water partition coefficient (Wildman–Crippen LogP) is 7.82. The molecule has 0 aliphatic heterocycles. The summed E-state index contributed by atoms with van der Waals surface area (Å²) >= 11 is 0. The lowest BCUT2D eigenvalue weighted by molar-refractivity contribution is 0.474. The fourth-order valence-electron chi connectivity index (χ4n) is 4.29. The van der Waals surface area contributed by atoms with E-state index in [0.717, 1.165) is 56.6 Å². The molecule has 0 radical (unpaired) electrons. The van der Waals surface area contributed by atoms with Crippen LogP contribution in [0.25, 0.3) is 0 Å². The average Bonchev–Trinajstić information content (AvgIpc) is 2.80. The smallest absolute Gasteiger partial charge is 0.133 e. The Kier molecular flexibility index (Phi) is 6.51. The maximum atomic E-state index is 6.17. The molecule has 0 heterocycles. The van der Waals surface area contributed by atoms with Crippen LogP contribution in [0.4, 0.5) is 11.4 Å². The van der Waals surface area contributed by atoms with Crippen molar-refractivity contribution in [2.45, 2.75) is 40.5 Å². The third kappa shape index (κ3) is 5.01. The van der Waals surface area contributed by atoms with Crippen molar-refractivity contribution < 1.29 is 9.47 Å². The van der Waals surface area contributed by atoms with Crippen LogP contribution < -0.4 is 20.9 Å². The minimum Gasteiger partial charge on any atom is -0.457 e. The van der Waals surface area contributed by atoms with E-state index in [1.54, 1.807) is 0 Å². The molecule has 0 aliphatic carbocycles. The number of aryl methyl sites for hydroxylation is 4. The van der Waals surface area contributed by atoms with Crippen molar-refractivity contribution in [2.24, 2.45) is 0 Å². The van der Waals surface area contributed by atoms with Gasteiger partial charge in [-0.1, -0.05) is 31.2 Å². The summed E-state index contributed by atoms with van der Waals surface area (Å²) in [4.78, 5) is 0. The Hall–Kier alpha value is -3.92. The lowest BCUT2D eigenvalue weighted by Gasteiger charge is -2.20. The predicted molar refractivity (Wildman–Crippen MR) is 141 cm³/mol. The number of nitrogens with two attached hydrogens (primary N) is 2. The zero-order valence-corrected chi connectivity index (χ0v) is 20.5. The van der Waals surface area contributed by atoms with Crippen molar-refractivity contribution in [3.05, 3.63) is 106 Å². The quantitative estimate of drug-likeness (QED) is 0.293. The van der Waals surface area contributed by atoms with E-state index in [-0.39, 0.29) is 5.92 Å². The van der Waals surface area contributed by atoms with E-state index in [4.69, 9.17) is 20.9 Å². The van der Waals surface area contributed by atoms with Gasteiger partial charge in [0.05, 0.1) is 0 Å². The van der Waals surface area contributed by atoms with Crippen molar-refractivity contribution in [3.63, 3.8) is 0 Å². The van der Waals surface area contributed by atoms with Crippen LogP contribution >= 0.6 is 0 Å². The van der Waals surface area contributed by atoms with Crippen LogP contribution in [0.5, 0.6) is 23.0 Å². The van der Waals surface area contributed by atoms with Crippen molar-refractivity contribution in [2.75, 3.05) is 11.5 Å². The maximum Gasteiger partial charge on any atom is 0.133 e. The second-order valence-corrected chi connectivity index (χ2v) is 9.03. The van der Waals surface area contributed by atoms with Gasteiger partial charge in [-0.15, -0.1) is 0 Å². The van der Waals surface area contributed by atoms with Crippen LogP contribution in [-0.2, 0) is 0 Å². The first-order chi connectivity index (χ1) is 16.2. The fraction of sp³-hybridized carbons (Fsp3) is 0.200. The molecule has 174 valence electrons. The number of nitrogen functional groups attached to an aromatic ring is 2.